The molecular weight excluding hydrogens is 260 g/mol. The van der Waals surface area contributed by atoms with Gasteiger partial charge >= 0.3 is 0 Å². The van der Waals surface area contributed by atoms with E-state index < -0.39 is 0 Å². The van der Waals surface area contributed by atoms with Crippen LogP contribution in [0.4, 0.5) is 0 Å². The van der Waals surface area contributed by atoms with Gasteiger partial charge in [-0.3, -0.25) is 4.68 Å². The molecule has 0 atom stereocenters. The van der Waals surface area contributed by atoms with Crippen LogP contribution in [0, 0.1) is 6.92 Å². The molecule has 3 aromatic rings. The van der Waals surface area contributed by atoms with E-state index in [4.69, 9.17) is 5.10 Å². The molecule has 0 aromatic carbocycles. The third kappa shape index (κ3) is 1.61. The van der Waals surface area contributed by atoms with Crippen LogP contribution in [-0.2, 0) is 7.05 Å². The monoisotopic (exact) mass is 274 g/mol. The van der Waals surface area contributed by atoms with Gasteiger partial charge in [-0.15, -0.1) is 10.2 Å². The summed E-state index contributed by atoms with van der Waals surface area (Å²) in [7, 11) is 1.92. The molecule has 0 aliphatic heterocycles. The van der Waals surface area contributed by atoms with E-state index >= 15 is 0 Å². The number of hydrogen-bond acceptors (Lipinski definition) is 5. The molecule has 0 N–H and O–H groups in total. The number of aryl methyl sites for hydroxylation is 2. The molecule has 6 nitrogen and oxygen atoms in total. The van der Waals surface area contributed by atoms with Gasteiger partial charge in [-0.1, -0.05) is 17.8 Å². The van der Waals surface area contributed by atoms with Gasteiger partial charge in [-0.25, -0.2) is 0 Å². The summed E-state index contributed by atoms with van der Waals surface area (Å²) in [6.07, 6.45) is 3.83. The zero-order chi connectivity index (χ0) is 13.0. The predicted molar refractivity (Wildman–Crippen MR) is 72.2 cm³/mol. The lowest BCUT2D eigenvalue weighted by atomic mass is 9.86. The first-order valence-electron chi connectivity index (χ1n) is 6.45. The van der Waals surface area contributed by atoms with Gasteiger partial charge in [-0.05, 0) is 25.8 Å². The third-order valence-corrected chi connectivity index (χ3v) is 4.75. The Hall–Kier alpha value is -1.76. The average molecular weight is 274 g/mol. The van der Waals surface area contributed by atoms with Gasteiger partial charge in [0.2, 0.25) is 10.8 Å². The first kappa shape index (κ1) is 11.1. The molecule has 1 aliphatic carbocycles. The fraction of sp³-hybridized carbons (Fsp3) is 0.500. The summed E-state index contributed by atoms with van der Waals surface area (Å²) < 4.78 is 3.68. The molecule has 1 aliphatic rings. The summed E-state index contributed by atoms with van der Waals surface area (Å²) >= 11 is 1.66. The molecule has 0 radical (unpaired) electrons. The lowest BCUT2D eigenvalue weighted by Crippen LogP contribution is -2.09. The highest BCUT2D eigenvalue weighted by molar-refractivity contribution is 7.16. The summed E-state index contributed by atoms with van der Waals surface area (Å²) in [4.78, 5) is 0.871. The third-order valence-electron chi connectivity index (χ3n) is 3.69. The standard InChI is InChI=1S/C12H14N6S/c1-7-6-9(17(2)15-7)10-13-14-12-18(10)16-11(19-12)8-4-3-5-8/h6,8H,3-5H2,1-2H3. The highest BCUT2D eigenvalue weighted by atomic mass is 32.1. The van der Waals surface area contributed by atoms with Crippen LogP contribution in [-0.4, -0.2) is 29.6 Å². The van der Waals surface area contributed by atoms with Gasteiger partial charge in [0.15, 0.2) is 0 Å². The Balaban J connectivity index is 1.85. The maximum absolute atomic E-state index is 4.69. The van der Waals surface area contributed by atoms with E-state index in [0.717, 1.165) is 22.2 Å². The zero-order valence-corrected chi connectivity index (χ0v) is 11.7. The predicted octanol–water partition coefficient (Wildman–Crippen LogP) is 2.16. The Labute approximate surface area is 114 Å². The van der Waals surface area contributed by atoms with Gasteiger partial charge in [0.1, 0.15) is 10.7 Å². The molecule has 3 aromatic heterocycles. The Morgan fingerprint density at radius 2 is 2.11 bits per heavy atom. The largest absolute Gasteiger partial charge is 0.264 e. The van der Waals surface area contributed by atoms with E-state index in [1.807, 2.05) is 29.2 Å². The summed E-state index contributed by atoms with van der Waals surface area (Å²) in [6, 6.07) is 2.01. The average Bonchev–Trinajstić information content (AvgIpc) is 2.90. The van der Waals surface area contributed by atoms with Crippen molar-refractivity contribution >= 4 is 16.3 Å². The Morgan fingerprint density at radius 3 is 2.74 bits per heavy atom. The maximum Gasteiger partial charge on any atom is 0.235 e. The van der Waals surface area contributed by atoms with Crippen molar-refractivity contribution in [2.45, 2.75) is 32.1 Å². The molecular formula is C12H14N6S. The fourth-order valence-electron chi connectivity index (χ4n) is 2.43. The molecule has 0 bridgehead atoms. The van der Waals surface area contributed by atoms with Gasteiger partial charge < -0.3 is 0 Å². The van der Waals surface area contributed by atoms with Gasteiger partial charge in [0.25, 0.3) is 0 Å². The normalized spacial score (nSPS) is 16.1. The second kappa shape index (κ2) is 3.86. The van der Waals surface area contributed by atoms with E-state index in [-0.39, 0.29) is 0 Å². The minimum absolute atomic E-state index is 0.632. The highest BCUT2D eigenvalue weighted by Gasteiger charge is 2.25. The molecule has 3 heterocycles. The summed E-state index contributed by atoms with van der Waals surface area (Å²) in [6.45, 7) is 1.97. The van der Waals surface area contributed by atoms with Crippen LogP contribution in [0.2, 0.25) is 0 Å². The summed E-state index contributed by atoms with van der Waals surface area (Å²) in [5, 5.41) is 18.7. The van der Waals surface area contributed by atoms with E-state index in [1.54, 1.807) is 11.3 Å². The number of aromatic nitrogens is 6. The van der Waals surface area contributed by atoms with Crippen LogP contribution in [0.5, 0.6) is 0 Å². The van der Waals surface area contributed by atoms with Crippen LogP contribution < -0.4 is 0 Å². The maximum atomic E-state index is 4.69. The zero-order valence-electron chi connectivity index (χ0n) is 10.9. The first-order valence-corrected chi connectivity index (χ1v) is 7.27. The molecule has 4 rings (SSSR count). The summed E-state index contributed by atoms with van der Waals surface area (Å²) in [5.41, 5.74) is 1.93. The Kier molecular flexibility index (Phi) is 2.26. The van der Waals surface area contributed by atoms with Crippen molar-refractivity contribution in [1.29, 1.82) is 0 Å². The van der Waals surface area contributed by atoms with Crippen molar-refractivity contribution < 1.29 is 0 Å². The minimum Gasteiger partial charge on any atom is -0.264 e. The van der Waals surface area contributed by atoms with E-state index in [9.17, 15) is 0 Å². The number of nitrogens with zero attached hydrogens (tertiary/aromatic N) is 6. The smallest absolute Gasteiger partial charge is 0.235 e. The molecule has 0 saturated heterocycles. The van der Waals surface area contributed by atoms with E-state index in [0.29, 0.717) is 5.92 Å². The molecule has 7 heteroatoms. The molecule has 1 saturated carbocycles. The lowest BCUT2D eigenvalue weighted by molar-refractivity contribution is 0.415. The molecule has 0 amide bonds. The Morgan fingerprint density at radius 1 is 1.26 bits per heavy atom. The van der Waals surface area contributed by atoms with Crippen molar-refractivity contribution in [1.82, 2.24) is 29.6 Å². The lowest BCUT2D eigenvalue weighted by Gasteiger charge is -2.21. The van der Waals surface area contributed by atoms with Crippen molar-refractivity contribution in [3.05, 3.63) is 16.8 Å². The molecule has 1 fully saturated rings. The van der Waals surface area contributed by atoms with Crippen LogP contribution >= 0.6 is 11.3 Å². The second-order valence-electron chi connectivity index (χ2n) is 5.08. The number of fused-ring (bicyclic) bond motifs is 1. The van der Waals surface area contributed by atoms with Gasteiger partial charge in [0.05, 0.1) is 5.69 Å². The fourth-order valence-corrected chi connectivity index (χ4v) is 3.44. The number of rotatable bonds is 2. The van der Waals surface area contributed by atoms with Crippen LogP contribution in [0.3, 0.4) is 0 Å². The van der Waals surface area contributed by atoms with Gasteiger partial charge in [0, 0.05) is 13.0 Å². The quantitative estimate of drug-likeness (QED) is 0.718. The van der Waals surface area contributed by atoms with Crippen molar-refractivity contribution in [2.75, 3.05) is 0 Å². The number of hydrogen-bond donors (Lipinski definition) is 0. The highest BCUT2D eigenvalue weighted by Crippen LogP contribution is 2.38. The topological polar surface area (TPSA) is 60.9 Å². The van der Waals surface area contributed by atoms with Crippen LogP contribution in [0.25, 0.3) is 16.5 Å². The molecule has 0 spiro atoms. The van der Waals surface area contributed by atoms with E-state index in [1.165, 1.54) is 24.3 Å². The minimum atomic E-state index is 0.632. The first-order chi connectivity index (χ1) is 9.22. The Bertz CT molecular complexity index is 748. The van der Waals surface area contributed by atoms with E-state index in [2.05, 4.69) is 15.3 Å². The SMILES string of the molecule is Cc1cc(-c2nnc3sc(C4CCC4)nn23)n(C)n1. The molecule has 98 valence electrons. The van der Waals surface area contributed by atoms with Crippen LogP contribution in [0.15, 0.2) is 6.07 Å². The molecule has 19 heavy (non-hydrogen) atoms. The second-order valence-corrected chi connectivity index (χ2v) is 6.07. The van der Waals surface area contributed by atoms with Crippen molar-refractivity contribution in [3.63, 3.8) is 0 Å². The van der Waals surface area contributed by atoms with Crippen molar-refractivity contribution in [3.8, 4) is 11.5 Å². The van der Waals surface area contributed by atoms with Crippen molar-refractivity contribution in [2.24, 2.45) is 7.05 Å². The van der Waals surface area contributed by atoms with Gasteiger partial charge in [-0.2, -0.15) is 14.7 Å². The molecule has 0 unspecified atom stereocenters. The van der Waals surface area contributed by atoms with Crippen LogP contribution in [0.1, 0.15) is 35.9 Å². The summed E-state index contributed by atoms with van der Waals surface area (Å²) in [5.74, 6) is 1.41.